The molecule has 196 valence electrons. The van der Waals surface area contributed by atoms with Crippen LogP contribution in [0.5, 0.6) is 5.75 Å². The molecule has 39 heavy (non-hydrogen) atoms. The van der Waals surface area contributed by atoms with E-state index in [1.807, 2.05) is 49.4 Å². The van der Waals surface area contributed by atoms with Crippen molar-refractivity contribution in [2.75, 3.05) is 4.90 Å². The third kappa shape index (κ3) is 2.90. The van der Waals surface area contributed by atoms with Crippen LogP contribution in [-0.2, 0) is 23.2 Å². The Morgan fingerprint density at radius 1 is 0.872 bits per heavy atom. The standard InChI is InChI=1S/C30H26N4O5/c1-30-22(26(36)33(27(30)37)17-8-4-3-5-9-17)16-23-21(14-15-32-28(38)31(2)29(39)34(23)32)25(30)20-12-13-24(35)19-11-7-6-10-18(19)20/h3-14,22-23,25,35H,15-16H2,1-2H3/t22-,23+,25-,30+/m0/s1. The fraction of sp³-hybridized carbons (Fsp3) is 0.267. The average Bonchev–Trinajstić information content (AvgIpc) is 3.29. The summed E-state index contributed by atoms with van der Waals surface area (Å²) < 4.78 is 3.94. The molecule has 1 saturated carbocycles. The normalized spacial score (nSPS) is 25.8. The average molecular weight is 523 g/mol. The summed E-state index contributed by atoms with van der Waals surface area (Å²) in [5.41, 5.74) is 0.0926. The quantitative estimate of drug-likeness (QED) is 0.322. The predicted molar refractivity (Wildman–Crippen MR) is 145 cm³/mol. The molecule has 0 unspecified atom stereocenters. The highest BCUT2D eigenvalue weighted by molar-refractivity contribution is 6.24. The molecule has 1 N–H and O–H groups in total. The second-order valence-electron chi connectivity index (χ2n) is 10.8. The number of aromatic hydroxyl groups is 1. The van der Waals surface area contributed by atoms with Crippen molar-refractivity contribution in [2.24, 2.45) is 18.4 Å². The smallest absolute Gasteiger partial charge is 0.347 e. The van der Waals surface area contributed by atoms with Crippen molar-refractivity contribution in [1.29, 1.82) is 0 Å². The van der Waals surface area contributed by atoms with E-state index in [2.05, 4.69) is 0 Å². The molecule has 9 heteroatoms. The first-order valence-corrected chi connectivity index (χ1v) is 13.0. The topological polar surface area (TPSA) is 107 Å². The number of benzene rings is 3. The first-order valence-electron chi connectivity index (χ1n) is 13.0. The zero-order valence-corrected chi connectivity index (χ0v) is 21.4. The van der Waals surface area contributed by atoms with Crippen LogP contribution in [0.3, 0.4) is 0 Å². The Kier molecular flexibility index (Phi) is 4.77. The molecule has 1 saturated heterocycles. The number of phenolic OH excluding ortho intramolecular Hbond substituents is 1. The van der Waals surface area contributed by atoms with Crippen LogP contribution in [0.4, 0.5) is 5.69 Å². The van der Waals surface area contributed by atoms with Crippen LogP contribution in [0.1, 0.15) is 30.9 Å². The molecule has 9 nitrogen and oxygen atoms in total. The van der Waals surface area contributed by atoms with E-state index in [1.54, 1.807) is 30.3 Å². The van der Waals surface area contributed by atoms with Gasteiger partial charge in [0.25, 0.3) is 0 Å². The molecule has 1 aliphatic carbocycles. The second kappa shape index (κ2) is 7.92. The van der Waals surface area contributed by atoms with Gasteiger partial charge in [0, 0.05) is 18.4 Å². The highest BCUT2D eigenvalue weighted by atomic mass is 16.3. The van der Waals surface area contributed by atoms with Gasteiger partial charge in [-0.25, -0.2) is 28.4 Å². The van der Waals surface area contributed by atoms with Gasteiger partial charge in [-0.1, -0.05) is 54.6 Å². The van der Waals surface area contributed by atoms with Gasteiger partial charge in [0.15, 0.2) is 0 Å². The molecule has 2 aliphatic heterocycles. The number of hydrogen-bond acceptors (Lipinski definition) is 5. The van der Waals surface area contributed by atoms with Crippen LogP contribution in [0.2, 0.25) is 0 Å². The molecule has 3 aromatic carbocycles. The third-order valence-electron chi connectivity index (χ3n) is 8.99. The lowest BCUT2D eigenvalue weighted by atomic mass is 9.56. The Bertz CT molecular complexity index is 1860. The Morgan fingerprint density at radius 3 is 2.31 bits per heavy atom. The predicted octanol–water partition coefficient (Wildman–Crippen LogP) is 3.07. The Balaban J connectivity index is 1.52. The number of phenols is 1. The van der Waals surface area contributed by atoms with Crippen molar-refractivity contribution < 1.29 is 14.7 Å². The lowest BCUT2D eigenvalue weighted by molar-refractivity contribution is -0.129. The molecule has 0 spiro atoms. The van der Waals surface area contributed by atoms with E-state index in [0.717, 1.165) is 21.1 Å². The monoisotopic (exact) mass is 522 g/mol. The molecule has 0 bridgehead atoms. The van der Waals surface area contributed by atoms with E-state index in [4.69, 9.17) is 0 Å². The summed E-state index contributed by atoms with van der Waals surface area (Å²) in [5.74, 6) is -1.81. The van der Waals surface area contributed by atoms with Crippen LogP contribution in [0.15, 0.2) is 88.0 Å². The zero-order valence-electron chi connectivity index (χ0n) is 21.4. The fourth-order valence-electron chi connectivity index (χ4n) is 7.11. The van der Waals surface area contributed by atoms with Gasteiger partial charge in [-0.15, -0.1) is 0 Å². The molecular formula is C30H26N4O5. The number of amides is 2. The number of anilines is 1. The van der Waals surface area contributed by atoms with E-state index in [0.29, 0.717) is 11.1 Å². The maximum absolute atomic E-state index is 14.4. The number of hydrogen-bond donors (Lipinski definition) is 1. The first kappa shape index (κ1) is 23.5. The van der Waals surface area contributed by atoms with Crippen molar-refractivity contribution in [3.63, 3.8) is 0 Å². The van der Waals surface area contributed by atoms with Gasteiger partial charge in [-0.2, -0.15) is 0 Å². The molecule has 2 amide bonds. The minimum atomic E-state index is -1.16. The van der Waals surface area contributed by atoms with Gasteiger partial charge in [-0.3, -0.25) is 9.59 Å². The maximum Gasteiger partial charge on any atom is 0.347 e. The highest BCUT2D eigenvalue weighted by Crippen LogP contribution is 2.62. The molecule has 3 aliphatic rings. The molecule has 0 radical (unpaired) electrons. The van der Waals surface area contributed by atoms with Crippen LogP contribution >= 0.6 is 0 Å². The summed E-state index contributed by atoms with van der Waals surface area (Å²) in [6.07, 6.45) is 2.15. The number of carbonyl (C=O) groups is 2. The summed E-state index contributed by atoms with van der Waals surface area (Å²) in [6.45, 7) is 2.03. The summed E-state index contributed by atoms with van der Waals surface area (Å²) >= 11 is 0. The van der Waals surface area contributed by atoms with Crippen LogP contribution in [-0.4, -0.2) is 30.9 Å². The summed E-state index contributed by atoms with van der Waals surface area (Å²) in [6, 6.07) is 19.2. The van der Waals surface area contributed by atoms with Gasteiger partial charge in [0.1, 0.15) is 5.75 Å². The fourth-order valence-corrected chi connectivity index (χ4v) is 7.11. The molecule has 4 aromatic rings. The number of imide groups is 1. The highest BCUT2D eigenvalue weighted by Gasteiger charge is 2.65. The van der Waals surface area contributed by atoms with E-state index < -0.39 is 34.7 Å². The summed E-state index contributed by atoms with van der Waals surface area (Å²) in [7, 11) is 1.45. The third-order valence-corrected chi connectivity index (χ3v) is 8.99. The molecular weight excluding hydrogens is 496 g/mol. The molecule has 7 rings (SSSR count). The maximum atomic E-state index is 14.4. The number of fused-ring (bicyclic) bond motifs is 5. The van der Waals surface area contributed by atoms with Crippen molar-refractivity contribution in [3.8, 4) is 5.75 Å². The van der Waals surface area contributed by atoms with E-state index in [-0.39, 0.29) is 30.5 Å². The van der Waals surface area contributed by atoms with Crippen molar-refractivity contribution in [3.05, 3.63) is 105 Å². The Morgan fingerprint density at radius 2 is 1.56 bits per heavy atom. The summed E-state index contributed by atoms with van der Waals surface area (Å²) in [5, 5.41) is 12.0. The molecule has 2 fully saturated rings. The van der Waals surface area contributed by atoms with E-state index >= 15 is 0 Å². The van der Waals surface area contributed by atoms with Gasteiger partial charge in [0.2, 0.25) is 11.8 Å². The lowest BCUT2D eigenvalue weighted by Gasteiger charge is -2.47. The van der Waals surface area contributed by atoms with E-state index in [9.17, 15) is 24.3 Å². The Labute approximate surface area is 222 Å². The van der Waals surface area contributed by atoms with Gasteiger partial charge in [0.05, 0.1) is 29.6 Å². The number of para-hydroxylation sites is 1. The molecule has 3 heterocycles. The number of aromatic nitrogens is 3. The minimum Gasteiger partial charge on any atom is -0.507 e. The van der Waals surface area contributed by atoms with Crippen molar-refractivity contribution in [1.82, 2.24) is 13.9 Å². The Hall–Kier alpha value is -4.66. The second-order valence-corrected chi connectivity index (χ2v) is 10.8. The minimum absolute atomic E-state index is 0.119. The number of nitrogens with zero attached hydrogens (tertiary/aromatic N) is 4. The number of allylic oxidation sites excluding steroid dienone is 2. The van der Waals surface area contributed by atoms with Gasteiger partial charge >= 0.3 is 11.4 Å². The molecule has 1 aromatic heterocycles. The zero-order chi connectivity index (χ0) is 27.2. The van der Waals surface area contributed by atoms with Crippen molar-refractivity contribution in [2.45, 2.75) is 31.8 Å². The SMILES string of the molecule is Cn1c(=O)n2n(c1=O)[C@@H]1C[C@H]3C(=O)N(c4ccccc4)C(=O)[C@@]3(C)[C@@H](c3ccc(O)c4ccccc34)C1=CC2. The van der Waals surface area contributed by atoms with Gasteiger partial charge < -0.3 is 5.11 Å². The van der Waals surface area contributed by atoms with Crippen LogP contribution in [0.25, 0.3) is 10.8 Å². The number of carbonyl (C=O) groups excluding carboxylic acids is 2. The van der Waals surface area contributed by atoms with E-state index in [1.165, 1.54) is 21.3 Å². The van der Waals surface area contributed by atoms with Gasteiger partial charge in [-0.05, 0) is 48.1 Å². The van der Waals surface area contributed by atoms with Crippen LogP contribution in [0, 0.1) is 11.3 Å². The summed E-state index contributed by atoms with van der Waals surface area (Å²) in [4.78, 5) is 55.9. The number of rotatable bonds is 2. The largest absolute Gasteiger partial charge is 0.507 e. The van der Waals surface area contributed by atoms with Crippen molar-refractivity contribution >= 4 is 28.3 Å². The van der Waals surface area contributed by atoms with Crippen LogP contribution < -0.4 is 16.3 Å². The first-order chi connectivity index (χ1) is 18.7. The molecule has 4 atom stereocenters. The lowest BCUT2D eigenvalue weighted by Crippen LogP contribution is -2.49.